The molecule has 8 nitrogen and oxygen atoms in total. The van der Waals surface area contributed by atoms with Crippen molar-refractivity contribution in [1.29, 1.82) is 0 Å². The van der Waals surface area contributed by atoms with Crippen LogP contribution in [0, 0.1) is 4.77 Å². The molecule has 1 aromatic heterocycles. The second-order valence-electron chi connectivity index (χ2n) is 10.0. The molecule has 0 aromatic carbocycles. The van der Waals surface area contributed by atoms with Gasteiger partial charge in [0.2, 0.25) is 6.23 Å². The van der Waals surface area contributed by atoms with Gasteiger partial charge in [-0.3, -0.25) is 4.79 Å². The average molecular weight is 527 g/mol. The second-order valence-corrected chi connectivity index (χ2v) is 10.4. The number of aliphatic hydroxyl groups is 2. The van der Waals surface area contributed by atoms with Crippen LogP contribution in [0.3, 0.4) is 0 Å². The number of aliphatic hydroxyl groups excluding tert-OH is 2. The number of rotatable bonds is 19. The molecule has 1 aliphatic rings. The van der Waals surface area contributed by atoms with E-state index < -0.39 is 24.5 Å². The van der Waals surface area contributed by atoms with E-state index >= 15 is 0 Å². The summed E-state index contributed by atoms with van der Waals surface area (Å²) < 4.78 is 13.0. The fraction of sp³-hybridized carbons (Fsp3) is 0.815. The first kappa shape index (κ1) is 30.7. The molecule has 0 amide bonds. The number of nitrogens with one attached hydrogen (secondary N) is 1. The molecule has 1 saturated heterocycles. The Kier molecular flexibility index (Phi) is 15.2. The van der Waals surface area contributed by atoms with Crippen molar-refractivity contribution >= 4 is 24.0 Å². The Labute approximate surface area is 221 Å². The van der Waals surface area contributed by atoms with Gasteiger partial charge in [0.05, 0.1) is 6.61 Å². The molecule has 0 radical (unpaired) electrons. The quantitative estimate of drug-likeness (QED) is 0.0862. The van der Waals surface area contributed by atoms with Crippen LogP contribution in [0.1, 0.15) is 116 Å². The smallest absolute Gasteiger partial charge is 0.352 e. The Balaban J connectivity index is 1.54. The molecular formula is C27H48N3O5S+. The fourth-order valence-corrected chi connectivity index (χ4v) is 5.03. The summed E-state index contributed by atoms with van der Waals surface area (Å²) in [6.07, 6.45) is 17.0. The van der Waals surface area contributed by atoms with Gasteiger partial charge in [0.15, 0.2) is 18.0 Å². The first-order valence-electron chi connectivity index (χ1n) is 14.0. The van der Waals surface area contributed by atoms with E-state index in [9.17, 15) is 15.0 Å². The van der Waals surface area contributed by atoms with Crippen LogP contribution >= 0.6 is 12.2 Å². The van der Waals surface area contributed by atoms with E-state index in [-0.39, 0.29) is 17.3 Å². The fourth-order valence-electron chi connectivity index (χ4n) is 4.75. The van der Waals surface area contributed by atoms with Gasteiger partial charge in [-0.1, -0.05) is 96.8 Å². The first-order valence-corrected chi connectivity index (χ1v) is 14.4. The van der Waals surface area contributed by atoms with E-state index in [1.807, 2.05) is 0 Å². The Bertz CT molecular complexity index is 806. The van der Waals surface area contributed by atoms with Crippen molar-refractivity contribution in [2.75, 3.05) is 12.3 Å². The van der Waals surface area contributed by atoms with Crippen molar-refractivity contribution in [3.8, 4) is 0 Å². The number of anilines is 1. The molecule has 5 N–H and O–H groups in total. The lowest BCUT2D eigenvalue weighted by Crippen LogP contribution is -2.48. The van der Waals surface area contributed by atoms with Crippen LogP contribution in [-0.4, -0.2) is 46.1 Å². The summed E-state index contributed by atoms with van der Waals surface area (Å²) in [5.74, 6) is -0.00201. The highest BCUT2D eigenvalue weighted by molar-refractivity contribution is 7.71. The molecule has 0 spiro atoms. The predicted molar refractivity (Wildman–Crippen MR) is 143 cm³/mol. The van der Waals surface area contributed by atoms with Gasteiger partial charge in [-0.05, 0) is 6.42 Å². The van der Waals surface area contributed by atoms with Crippen LogP contribution in [0.15, 0.2) is 12.3 Å². The summed E-state index contributed by atoms with van der Waals surface area (Å²) >= 11 is 5.24. The monoisotopic (exact) mass is 526 g/mol. The van der Waals surface area contributed by atoms with Crippen molar-refractivity contribution in [3.63, 3.8) is 0 Å². The van der Waals surface area contributed by atoms with Gasteiger partial charge in [-0.25, -0.2) is 4.98 Å². The van der Waals surface area contributed by atoms with E-state index in [4.69, 9.17) is 27.4 Å². The number of aromatic amines is 1. The number of ether oxygens (including phenoxy) is 2. The highest BCUT2D eigenvalue weighted by Crippen LogP contribution is 2.28. The third-order valence-corrected chi connectivity index (χ3v) is 7.23. The number of nitrogen functional groups attached to an aromatic ring is 1. The summed E-state index contributed by atoms with van der Waals surface area (Å²) in [4.78, 5) is 15.2. The first-order chi connectivity index (χ1) is 17.5. The van der Waals surface area contributed by atoms with E-state index in [1.165, 1.54) is 81.6 Å². The number of aromatic nitrogens is 2. The number of nitrogens with zero attached hydrogens (tertiary/aromatic N) is 1. The van der Waals surface area contributed by atoms with Crippen LogP contribution in [-0.2, 0) is 14.3 Å². The van der Waals surface area contributed by atoms with Crippen LogP contribution in [0.5, 0.6) is 0 Å². The molecule has 36 heavy (non-hydrogen) atoms. The third kappa shape index (κ3) is 10.8. The lowest BCUT2D eigenvalue weighted by Gasteiger charge is -2.19. The lowest BCUT2D eigenvalue weighted by molar-refractivity contribution is -0.773. The molecule has 2 rings (SSSR count). The number of hydrogen-bond donors (Lipinski definition) is 4. The summed E-state index contributed by atoms with van der Waals surface area (Å²) in [6, 6.07) is 1.59. The van der Waals surface area contributed by atoms with Crippen molar-refractivity contribution in [3.05, 3.63) is 17.0 Å². The molecule has 1 fully saturated rings. The van der Waals surface area contributed by atoms with Crippen molar-refractivity contribution in [1.82, 2.24) is 4.98 Å². The van der Waals surface area contributed by atoms with Crippen molar-refractivity contribution in [2.45, 2.75) is 134 Å². The Hall–Kier alpha value is -1.55. The summed E-state index contributed by atoms with van der Waals surface area (Å²) in [7, 11) is 0. The van der Waals surface area contributed by atoms with Gasteiger partial charge in [0.25, 0.3) is 0 Å². The SMILES string of the molecule is CCCCCCCCCCCCCCCCCC(=O)O[C@H]1[C@H](O)[C@H]([n+]2ccc(N)[nH]c2=S)O[C@@H]1CO. The minimum atomic E-state index is -1.16. The van der Waals surface area contributed by atoms with E-state index in [1.54, 1.807) is 12.3 Å². The molecule has 9 heteroatoms. The maximum Gasteiger partial charge on any atom is 0.352 e. The van der Waals surface area contributed by atoms with Crippen molar-refractivity contribution < 1.29 is 29.0 Å². The Morgan fingerprint density at radius 1 is 1.03 bits per heavy atom. The minimum absolute atomic E-state index is 0.264. The van der Waals surface area contributed by atoms with E-state index in [2.05, 4.69) is 11.9 Å². The highest BCUT2D eigenvalue weighted by Gasteiger charge is 2.49. The van der Waals surface area contributed by atoms with E-state index in [0.717, 1.165) is 19.3 Å². The van der Waals surface area contributed by atoms with E-state index in [0.29, 0.717) is 12.2 Å². The van der Waals surface area contributed by atoms with Gasteiger partial charge < -0.3 is 25.4 Å². The van der Waals surface area contributed by atoms with Gasteiger partial charge in [-0.15, -0.1) is 0 Å². The summed E-state index contributed by atoms with van der Waals surface area (Å²) in [5, 5.41) is 20.4. The minimum Gasteiger partial charge on any atom is -0.456 e. The zero-order valence-corrected chi connectivity index (χ0v) is 22.9. The van der Waals surface area contributed by atoms with Crippen LogP contribution in [0.4, 0.5) is 5.82 Å². The molecule has 1 aliphatic heterocycles. The number of unbranched alkanes of at least 4 members (excludes halogenated alkanes) is 14. The van der Waals surface area contributed by atoms with Crippen LogP contribution < -0.4 is 10.3 Å². The van der Waals surface area contributed by atoms with Gasteiger partial charge in [0, 0.05) is 24.7 Å². The molecular weight excluding hydrogens is 478 g/mol. The standard InChI is InChI=1S/C27H47N3O5S/c1-2-3-4-5-6-7-8-9-10-11-12-13-14-15-16-17-23(32)35-25-21(20-31)34-26(24(25)33)30-19-18-22(28)29-27(30)36/h18-19,21,24-26,31,33H,2-17,20H2,1H3,(H2,28,29,36)/p+1/t21-,24+,25-,26-/m1/s1. The summed E-state index contributed by atoms with van der Waals surface area (Å²) in [6.45, 7) is 1.88. The Morgan fingerprint density at radius 2 is 1.56 bits per heavy atom. The number of carbonyl (C=O) groups is 1. The summed E-state index contributed by atoms with van der Waals surface area (Å²) in [5.41, 5.74) is 5.69. The number of carbonyl (C=O) groups excluding carboxylic acids is 1. The molecule has 0 aliphatic carbocycles. The maximum atomic E-state index is 12.4. The van der Waals surface area contributed by atoms with Gasteiger partial charge in [0.1, 0.15) is 12.3 Å². The van der Waals surface area contributed by atoms with Crippen LogP contribution in [0.25, 0.3) is 0 Å². The molecule has 0 unspecified atom stereocenters. The number of esters is 1. The van der Waals surface area contributed by atoms with Crippen LogP contribution in [0.2, 0.25) is 0 Å². The highest BCUT2D eigenvalue weighted by atomic mass is 32.1. The Morgan fingerprint density at radius 3 is 2.06 bits per heavy atom. The number of nitrogens with two attached hydrogens (primary N) is 1. The maximum absolute atomic E-state index is 12.4. The number of H-pyrrole nitrogens is 1. The zero-order chi connectivity index (χ0) is 26.2. The molecule has 206 valence electrons. The third-order valence-electron chi connectivity index (χ3n) is 6.92. The largest absolute Gasteiger partial charge is 0.456 e. The topological polar surface area (TPSA) is 122 Å². The molecule has 2 heterocycles. The second kappa shape index (κ2) is 17.8. The lowest BCUT2D eigenvalue weighted by atomic mass is 10.0. The number of hydrogen-bond acceptors (Lipinski definition) is 7. The average Bonchev–Trinajstić information content (AvgIpc) is 3.16. The van der Waals surface area contributed by atoms with Crippen molar-refractivity contribution in [2.24, 2.45) is 0 Å². The van der Waals surface area contributed by atoms with Gasteiger partial charge >= 0.3 is 10.7 Å². The molecule has 1 aromatic rings. The molecule has 0 saturated carbocycles. The zero-order valence-electron chi connectivity index (χ0n) is 22.0. The molecule has 0 bridgehead atoms. The predicted octanol–water partition coefficient (Wildman–Crippen LogP) is 5.04. The molecule has 4 atom stereocenters. The normalized spacial score (nSPS) is 21.6. The van der Waals surface area contributed by atoms with Gasteiger partial charge in [-0.2, -0.15) is 4.57 Å².